The van der Waals surface area contributed by atoms with Gasteiger partial charge in [0.15, 0.2) is 11.5 Å². The van der Waals surface area contributed by atoms with Crippen LogP contribution in [0.2, 0.25) is 0 Å². The number of aliphatic hydroxyl groups excluding tert-OH is 1. The normalized spacial score (nSPS) is 37.2. The predicted octanol–water partition coefficient (Wildman–Crippen LogP) is 3.79. The van der Waals surface area contributed by atoms with Crippen molar-refractivity contribution >= 4 is 5.97 Å². The Labute approximate surface area is 213 Å². The SMILES string of the molecule is CCCCO[C@@]12CC[C@@H](O)[C@@H]3Oc4c(O)ccc5c4[C@@]31CC[N+]([O-])(CC1CC1)[C@@H]2C5.O=C(O)C(F)(F)F. The molecule has 11 heteroatoms. The lowest BCUT2D eigenvalue weighted by atomic mass is 9.48. The third-order valence-electron chi connectivity index (χ3n) is 9.08. The van der Waals surface area contributed by atoms with Gasteiger partial charge in [0.2, 0.25) is 0 Å². The number of carboxylic acids is 1. The molecule has 1 aromatic carbocycles. The number of benzene rings is 1. The average Bonchev–Trinajstić information content (AvgIpc) is 3.56. The molecule has 1 saturated heterocycles. The molecule has 2 heterocycles. The number of hydroxylamine groups is 3. The van der Waals surface area contributed by atoms with Gasteiger partial charge in [-0.25, -0.2) is 4.79 Å². The zero-order valence-electron chi connectivity index (χ0n) is 20.8. The minimum Gasteiger partial charge on any atom is -0.632 e. The Hall–Kier alpha value is -2.08. The second kappa shape index (κ2) is 9.00. The summed E-state index contributed by atoms with van der Waals surface area (Å²) in [7, 11) is 0. The summed E-state index contributed by atoms with van der Waals surface area (Å²) < 4.78 is 44.7. The molecule has 1 aromatic rings. The van der Waals surface area contributed by atoms with E-state index in [1.165, 1.54) is 12.8 Å². The van der Waals surface area contributed by atoms with Crippen LogP contribution in [0.4, 0.5) is 13.2 Å². The zero-order chi connectivity index (χ0) is 26.8. The van der Waals surface area contributed by atoms with E-state index in [1.54, 1.807) is 6.07 Å². The highest BCUT2D eigenvalue weighted by molar-refractivity contribution is 5.73. The second-order valence-electron chi connectivity index (χ2n) is 11.2. The van der Waals surface area contributed by atoms with Crippen molar-refractivity contribution < 1.29 is 47.4 Å². The third-order valence-corrected chi connectivity index (χ3v) is 9.08. The minimum atomic E-state index is -5.08. The van der Waals surface area contributed by atoms with Crippen LogP contribution in [0, 0.1) is 11.1 Å². The molecule has 206 valence electrons. The fourth-order valence-corrected chi connectivity index (χ4v) is 7.39. The molecule has 5 aliphatic rings. The number of ether oxygens (including phenoxy) is 2. The van der Waals surface area contributed by atoms with Crippen molar-refractivity contribution in [1.29, 1.82) is 0 Å². The molecule has 6 rings (SSSR count). The lowest BCUT2D eigenvalue weighted by Crippen LogP contribution is -2.81. The van der Waals surface area contributed by atoms with Crippen LogP contribution in [0.15, 0.2) is 12.1 Å². The van der Waals surface area contributed by atoms with Crippen LogP contribution in [0.3, 0.4) is 0 Å². The fraction of sp³-hybridized carbons (Fsp3) is 0.731. The molecule has 3 N–H and O–H groups in total. The first-order valence-electron chi connectivity index (χ1n) is 13.1. The summed E-state index contributed by atoms with van der Waals surface area (Å²) in [5.41, 5.74) is 0.956. The van der Waals surface area contributed by atoms with Gasteiger partial charge in [-0.2, -0.15) is 13.2 Å². The van der Waals surface area contributed by atoms with Gasteiger partial charge in [0.1, 0.15) is 17.7 Å². The van der Waals surface area contributed by atoms with E-state index in [0.717, 1.165) is 24.0 Å². The maximum atomic E-state index is 14.4. The van der Waals surface area contributed by atoms with Gasteiger partial charge in [0, 0.05) is 30.9 Å². The van der Waals surface area contributed by atoms with Crippen LogP contribution in [0.5, 0.6) is 11.5 Å². The van der Waals surface area contributed by atoms with Crippen LogP contribution in [0.25, 0.3) is 0 Å². The standard InChI is InChI=1S/C24H33NO5.C2HF3O2/c1-2-3-12-29-24-9-8-18(27)22-23(24)10-11-25(28,14-15-4-5-15)19(24)13-16-6-7-17(26)21(30-22)20(16)23;3-2(4,5)1(6)7/h6-7,15,18-19,22,26-27H,2-5,8-14H2,1H3;(H,6,7)/t18-,19-,22+,23+,24-,25?;/m1./s1. The van der Waals surface area contributed by atoms with E-state index < -0.39 is 35.4 Å². The molecule has 3 fully saturated rings. The molecule has 3 aliphatic carbocycles. The number of halogens is 3. The Balaban J connectivity index is 0.000000355. The average molecular weight is 530 g/mol. The van der Waals surface area contributed by atoms with Gasteiger partial charge >= 0.3 is 12.1 Å². The summed E-state index contributed by atoms with van der Waals surface area (Å²) in [4.78, 5) is 8.90. The van der Waals surface area contributed by atoms with Crippen LogP contribution in [-0.2, 0) is 21.4 Å². The van der Waals surface area contributed by atoms with Crippen molar-refractivity contribution in [3.63, 3.8) is 0 Å². The number of aromatic hydroxyl groups is 1. The molecular formula is C26H34F3NO7. The summed E-state index contributed by atoms with van der Waals surface area (Å²) in [6.45, 7) is 4.01. The van der Waals surface area contributed by atoms with Crippen molar-refractivity contribution in [3.05, 3.63) is 28.5 Å². The zero-order valence-corrected chi connectivity index (χ0v) is 20.8. The molecule has 2 bridgehead atoms. The number of hydrogen-bond donors (Lipinski definition) is 3. The van der Waals surface area contributed by atoms with Gasteiger partial charge in [-0.1, -0.05) is 19.4 Å². The van der Waals surface area contributed by atoms with Crippen molar-refractivity contribution in [2.45, 2.75) is 93.7 Å². The smallest absolute Gasteiger partial charge is 0.490 e. The summed E-state index contributed by atoms with van der Waals surface area (Å²) in [5.74, 6) is -1.55. The van der Waals surface area contributed by atoms with Crippen molar-refractivity contribution in [3.8, 4) is 11.5 Å². The number of rotatable bonds is 6. The number of quaternary nitrogens is 1. The fourth-order valence-electron chi connectivity index (χ4n) is 7.39. The van der Waals surface area contributed by atoms with E-state index in [9.17, 15) is 28.6 Å². The Morgan fingerprint density at radius 2 is 1.97 bits per heavy atom. The van der Waals surface area contributed by atoms with E-state index in [4.69, 9.17) is 19.4 Å². The third kappa shape index (κ3) is 4.00. The number of phenols is 1. The lowest BCUT2D eigenvalue weighted by Gasteiger charge is -2.69. The Morgan fingerprint density at radius 3 is 2.59 bits per heavy atom. The maximum Gasteiger partial charge on any atom is 0.490 e. The maximum absolute atomic E-state index is 14.4. The Kier molecular flexibility index (Phi) is 6.45. The van der Waals surface area contributed by atoms with Crippen LogP contribution in [0.1, 0.15) is 63.0 Å². The van der Waals surface area contributed by atoms with Gasteiger partial charge in [-0.05, 0) is 43.7 Å². The molecule has 8 nitrogen and oxygen atoms in total. The molecule has 1 spiro atoms. The largest absolute Gasteiger partial charge is 0.632 e. The van der Waals surface area contributed by atoms with Crippen LogP contribution >= 0.6 is 0 Å². The molecule has 2 saturated carbocycles. The molecule has 2 aliphatic heterocycles. The second-order valence-corrected chi connectivity index (χ2v) is 11.2. The number of aliphatic hydroxyl groups is 1. The number of carboxylic acid groups (broad SMARTS) is 1. The Bertz CT molecular complexity index is 1060. The van der Waals surface area contributed by atoms with Crippen LogP contribution < -0.4 is 4.74 Å². The number of phenolic OH excluding ortho intramolecular Hbond substituents is 1. The number of aliphatic carboxylic acids is 1. The van der Waals surface area contributed by atoms with Gasteiger partial charge in [0.05, 0.1) is 24.6 Å². The quantitative estimate of drug-likeness (QED) is 0.291. The highest BCUT2D eigenvalue weighted by Gasteiger charge is 2.77. The van der Waals surface area contributed by atoms with E-state index in [1.807, 2.05) is 6.07 Å². The Morgan fingerprint density at radius 1 is 1.27 bits per heavy atom. The number of unbranched alkanes of at least 4 members (excludes halogenated alkanes) is 1. The summed E-state index contributed by atoms with van der Waals surface area (Å²) in [6.07, 6.45) is 0.764. The monoisotopic (exact) mass is 529 g/mol. The number of alkyl halides is 3. The number of likely N-dealkylation sites (tertiary alicyclic amines) is 1. The molecule has 0 radical (unpaired) electrons. The number of nitrogens with zero attached hydrogens (tertiary/aromatic N) is 1. The van der Waals surface area contributed by atoms with E-state index in [0.29, 0.717) is 57.0 Å². The summed E-state index contributed by atoms with van der Waals surface area (Å²) in [5, 5.41) is 43.1. The van der Waals surface area contributed by atoms with Crippen molar-refractivity contribution in [2.75, 3.05) is 19.7 Å². The molecule has 6 atom stereocenters. The van der Waals surface area contributed by atoms with Gasteiger partial charge in [-0.15, -0.1) is 0 Å². The molecule has 1 unspecified atom stereocenters. The summed E-state index contributed by atoms with van der Waals surface area (Å²) >= 11 is 0. The van der Waals surface area contributed by atoms with Gasteiger partial charge < -0.3 is 34.6 Å². The molecular weight excluding hydrogens is 495 g/mol. The number of piperidine rings is 1. The molecule has 0 amide bonds. The van der Waals surface area contributed by atoms with Crippen molar-refractivity contribution in [2.24, 2.45) is 5.92 Å². The molecule has 0 aromatic heterocycles. The number of carbonyl (C=O) groups is 1. The number of hydrogen-bond acceptors (Lipinski definition) is 6. The minimum absolute atomic E-state index is 0.136. The highest BCUT2D eigenvalue weighted by Crippen LogP contribution is 2.67. The van der Waals surface area contributed by atoms with Gasteiger partial charge in [0.25, 0.3) is 0 Å². The first kappa shape index (κ1) is 26.5. The summed E-state index contributed by atoms with van der Waals surface area (Å²) in [6, 6.07) is 3.49. The van der Waals surface area contributed by atoms with Crippen molar-refractivity contribution in [1.82, 2.24) is 0 Å². The van der Waals surface area contributed by atoms with E-state index in [2.05, 4.69) is 6.92 Å². The lowest BCUT2D eigenvalue weighted by molar-refractivity contribution is -0.924. The predicted molar refractivity (Wildman–Crippen MR) is 125 cm³/mol. The van der Waals surface area contributed by atoms with Crippen LogP contribution in [-0.4, -0.2) is 75.7 Å². The van der Waals surface area contributed by atoms with E-state index >= 15 is 0 Å². The molecule has 37 heavy (non-hydrogen) atoms. The van der Waals surface area contributed by atoms with E-state index in [-0.39, 0.29) is 16.4 Å². The topological polar surface area (TPSA) is 119 Å². The van der Waals surface area contributed by atoms with Gasteiger partial charge in [-0.3, -0.25) is 0 Å². The first-order chi connectivity index (χ1) is 17.4. The first-order valence-corrected chi connectivity index (χ1v) is 13.1. The highest BCUT2D eigenvalue weighted by atomic mass is 19.4.